The Bertz CT molecular complexity index is 480. The molecule has 0 radical (unpaired) electrons. The van der Waals surface area contributed by atoms with Gasteiger partial charge in [-0.25, -0.2) is 4.98 Å². The van der Waals surface area contributed by atoms with E-state index in [9.17, 15) is 4.79 Å². The number of para-hydroxylation sites is 2. The molecule has 1 heterocycles. The number of nitrogens with one attached hydrogen (secondary N) is 1. The zero-order chi connectivity index (χ0) is 11.4. The van der Waals surface area contributed by atoms with Crippen molar-refractivity contribution in [2.75, 3.05) is 12.4 Å². The highest BCUT2D eigenvalue weighted by Crippen LogP contribution is 2.23. The van der Waals surface area contributed by atoms with Gasteiger partial charge in [-0.1, -0.05) is 12.1 Å². The van der Waals surface area contributed by atoms with Crippen molar-refractivity contribution in [1.29, 1.82) is 0 Å². The largest absolute Gasteiger partial charge is 0.495 e. The van der Waals surface area contributed by atoms with E-state index in [2.05, 4.69) is 10.3 Å². The Morgan fingerprint density at radius 2 is 2.25 bits per heavy atom. The molecule has 1 aromatic carbocycles. The van der Waals surface area contributed by atoms with Crippen molar-refractivity contribution in [2.24, 2.45) is 0 Å². The zero-order valence-corrected chi connectivity index (χ0v) is 8.64. The van der Waals surface area contributed by atoms with E-state index in [1.807, 2.05) is 6.07 Å². The van der Waals surface area contributed by atoms with Crippen molar-refractivity contribution in [2.45, 2.75) is 0 Å². The summed E-state index contributed by atoms with van der Waals surface area (Å²) in [5, 5.41) is 2.67. The third kappa shape index (κ3) is 2.03. The lowest BCUT2D eigenvalue weighted by atomic mass is 10.3. The van der Waals surface area contributed by atoms with E-state index >= 15 is 0 Å². The summed E-state index contributed by atoms with van der Waals surface area (Å²) in [7, 11) is 1.54. The molecule has 1 N–H and O–H groups in total. The maximum absolute atomic E-state index is 11.6. The van der Waals surface area contributed by atoms with Crippen LogP contribution in [-0.2, 0) is 0 Å². The summed E-state index contributed by atoms with van der Waals surface area (Å²) in [6.07, 6.45) is 2.56. The van der Waals surface area contributed by atoms with Crippen LogP contribution in [0, 0.1) is 0 Å². The van der Waals surface area contributed by atoms with Gasteiger partial charge in [-0.2, -0.15) is 0 Å². The Hall–Kier alpha value is -2.30. The maximum atomic E-state index is 11.6. The van der Waals surface area contributed by atoms with Gasteiger partial charge in [-0.3, -0.25) is 4.79 Å². The molecule has 0 saturated carbocycles. The molecule has 0 aliphatic heterocycles. The number of methoxy groups -OCH3 is 1. The van der Waals surface area contributed by atoms with Crippen molar-refractivity contribution in [1.82, 2.24) is 4.98 Å². The van der Waals surface area contributed by atoms with Crippen LogP contribution >= 0.6 is 0 Å². The molecule has 5 heteroatoms. The number of ether oxygens (including phenoxy) is 1. The summed E-state index contributed by atoms with van der Waals surface area (Å²) in [6, 6.07) is 7.13. The second-order valence-electron chi connectivity index (χ2n) is 3.02. The first-order valence-corrected chi connectivity index (χ1v) is 4.64. The third-order valence-electron chi connectivity index (χ3n) is 2.01. The van der Waals surface area contributed by atoms with E-state index in [1.165, 1.54) is 12.6 Å². The average Bonchev–Trinajstić information content (AvgIpc) is 2.83. The molecule has 0 bridgehead atoms. The van der Waals surface area contributed by atoms with Gasteiger partial charge in [0, 0.05) is 0 Å². The number of aromatic nitrogens is 1. The smallest absolute Gasteiger partial charge is 0.293 e. The molecule has 0 aliphatic rings. The van der Waals surface area contributed by atoms with Crippen LogP contribution in [0.4, 0.5) is 5.69 Å². The fourth-order valence-corrected chi connectivity index (χ4v) is 1.26. The number of carbonyl (C=O) groups excluding carboxylic acids is 1. The maximum Gasteiger partial charge on any atom is 0.293 e. The number of nitrogens with zero attached hydrogens (tertiary/aromatic N) is 1. The Balaban J connectivity index is 2.18. The number of rotatable bonds is 3. The number of hydrogen-bond donors (Lipinski definition) is 1. The van der Waals surface area contributed by atoms with Gasteiger partial charge in [0.2, 0.25) is 5.76 Å². The fraction of sp³-hybridized carbons (Fsp3) is 0.0909. The standard InChI is InChI=1S/C11H10N2O3/c1-15-9-5-3-2-4-8(9)13-11(14)10-6-12-7-16-10/h2-7H,1H3,(H,13,14). The first-order valence-electron chi connectivity index (χ1n) is 4.64. The first kappa shape index (κ1) is 10.2. The van der Waals surface area contributed by atoms with E-state index in [0.29, 0.717) is 11.4 Å². The summed E-state index contributed by atoms with van der Waals surface area (Å²) in [5.41, 5.74) is 0.589. The second-order valence-corrected chi connectivity index (χ2v) is 3.02. The molecule has 5 nitrogen and oxygen atoms in total. The fourth-order valence-electron chi connectivity index (χ4n) is 1.26. The van der Waals surface area contributed by atoms with Gasteiger partial charge in [0.15, 0.2) is 6.39 Å². The SMILES string of the molecule is COc1ccccc1NC(=O)c1cnco1. The molecule has 1 aromatic heterocycles. The lowest BCUT2D eigenvalue weighted by molar-refractivity contribution is 0.0996. The number of carbonyl (C=O) groups is 1. The monoisotopic (exact) mass is 218 g/mol. The molecular formula is C11H10N2O3. The molecule has 82 valence electrons. The van der Waals surface area contributed by atoms with E-state index < -0.39 is 0 Å². The van der Waals surface area contributed by atoms with Gasteiger partial charge in [-0.05, 0) is 12.1 Å². The van der Waals surface area contributed by atoms with Crippen molar-refractivity contribution in [3.05, 3.63) is 42.6 Å². The van der Waals surface area contributed by atoms with E-state index in [1.54, 1.807) is 25.3 Å². The quantitative estimate of drug-likeness (QED) is 0.854. The van der Waals surface area contributed by atoms with Crippen molar-refractivity contribution < 1.29 is 13.9 Å². The van der Waals surface area contributed by atoms with Crippen LogP contribution < -0.4 is 10.1 Å². The molecule has 0 atom stereocenters. The van der Waals surface area contributed by atoms with Crippen LogP contribution in [0.2, 0.25) is 0 Å². The number of benzene rings is 1. The van der Waals surface area contributed by atoms with Crippen LogP contribution in [0.3, 0.4) is 0 Å². The second kappa shape index (κ2) is 4.48. The topological polar surface area (TPSA) is 64.4 Å². The molecule has 0 fully saturated rings. The minimum atomic E-state index is -0.359. The highest BCUT2D eigenvalue weighted by atomic mass is 16.5. The van der Waals surface area contributed by atoms with Gasteiger partial charge in [0.05, 0.1) is 19.0 Å². The van der Waals surface area contributed by atoms with Gasteiger partial charge in [-0.15, -0.1) is 0 Å². The van der Waals surface area contributed by atoms with E-state index in [-0.39, 0.29) is 11.7 Å². The average molecular weight is 218 g/mol. The number of oxazole rings is 1. The Kier molecular flexibility index (Phi) is 2.86. The van der Waals surface area contributed by atoms with Crippen molar-refractivity contribution in [3.63, 3.8) is 0 Å². The van der Waals surface area contributed by atoms with Crippen LogP contribution in [0.15, 0.2) is 41.3 Å². The summed E-state index contributed by atoms with van der Waals surface area (Å²) in [5.74, 6) is 0.392. The molecule has 0 aliphatic carbocycles. The van der Waals surface area contributed by atoms with E-state index in [0.717, 1.165) is 0 Å². The third-order valence-corrected chi connectivity index (χ3v) is 2.01. The minimum Gasteiger partial charge on any atom is -0.495 e. The summed E-state index contributed by atoms with van der Waals surface area (Å²) < 4.78 is 9.98. The first-order chi connectivity index (χ1) is 7.81. The predicted octanol–water partition coefficient (Wildman–Crippen LogP) is 1.94. The lowest BCUT2D eigenvalue weighted by Gasteiger charge is -2.07. The van der Waals surface area contributed by atoms with Crippen LogP contribution in [-0.4, -0.2) is 18.0 Å². The summed E-state index contributed by atoms with van der Waals surface area (Å²) in [4.78, 5) is 15.3. The number of anilines is 1. The predicted molar refractivity (Wildman–Crippen MR) is 57.5 cm³/mol. The molecule has 2 aromatic rings. The van der Waals surface area contributed by atoms with Crippen molar-refractivity contribution >= 4 is 11.6 Å². The molecule has 0 unspecified atom stereocenters. The van der Waals surface area contributed by atoms with Crippen LogP contribution in [0.1, 0.15) is 10.6 Å². The highest BCUT2D eigenvalue weighted by Gasteiger charge is 2.11. The van der Waals surface area contributed by atoms with Gasteiger partial charge in [0.1, 0.15) is 5.75 Å². The number of amides is 1. The molecule has 0 saturated heterocycles. The van der Waals surface area contributed by atoms with Gasteiger partial charge in [0.25, 0.3) is 5.91 Å². The molecule has 1 amide bonds. The van der Waals surface area contributed by atoms with Crippen LogP contribution in [0.25, 0.3) is 0 Å². The normalized spacial score (nSPS) is 9.81. The lowest BCUT2D eigenvalue weighted by Crippen LogP contribution is -2.11. The van der Waals surface area contributed by atoms with Gasteiger partial charge < -0.3 is 14.5 Å². The molecular weight excluding hydrogens is 208 g/mol. The molecule has 2 rings (SSSR count). The van der Waals surface area contributed by atoms with Crippen LogP contribution in [0.5, 0.6) is 5.75 Å². The zero-order valence-electron chi connectivity index (χ0n) is 8.64. The molecule has 16 heavy (non-hydrogen) atoms. The van der Waals surface area contributed by atoms with Gasteiger partial charge >= 0.3 is 0 Å². The van der Waals surface area contributed by atoms with Crippen molar-refractivity contribution in [3.8, 4) is 5.75 Å². The van der Waals surface area contributed by atoms with E-state index in [4.69, 9.17) is 9.15 Å². The number of hydrogen-bond acceptors (Lipinski definition) is 4. The highest BCUT2D eigenvalue weighted by molar-refractivity contribution is 6.02. The Labute approximate surface area is 92.1 Å². The molecule has 0 spiro atoms. The summed E-state index contributed by atoms with van der Waals surface area (Å²) in [6.45, 7) is 0. The Morgan fingerprint density at radius 3 is 2.94 bits per heavy atom. The minimum absolute atomic E-state index is 0.158. The summed E-state index contributed by atoms with van der Waals surface area (Å²) >= 11 is 0. The Morgan fingerprint density at radius 1 is 1.44 bits per heavy atom.